The number of imidazole rings is 1. The third kappa shape index (κ3) is 8.49. The first-order valence-corrected chi connectivity index (χ1v) is 16.4. The van der Waals surface area contributed by atoms with Crippen molar-refractivity contribution in [3.05, 3.63) is 101 Å². The van der Waals surface area contributed by atoms with Crippen molar-refractivity contribution in [3.63, 3.8) is 0 Å². The van der Waals surface area contributed by atoms with Crippen LogP contribution in [0.15, 0.2) is 84.9 Å². The molecule has 0 atom stereocenters. The van der Waals surface area contributed by atoms with E-state index < -0.39 is 5.97 Å². The van der Waals surface area contributed by atoms with Crippen LogP contribution >= 0.6 is 24.0 Å². The second-order valence-corrected chi connectivity index (χ2v) is 12.1. The summed E-state index contributed by atoms with van der Waals surface area (Å²) in [5, 5.41) is 10.2. The zero-order chi connectivity index (χ0) is 32.6. The molecule has 10 heteroatoms. The number of hydrogen-bond acceptors (Lipinski definition) is 6. The predicted molar refractivity (Wildman–Crippen MR) is 191 cm³/mol. The topological polar surface area (TPSA) is 92.0 Å². The number of fused-ring (bicyclic) bond motifs is 1. The molecule has 48 heavy (non-hydrogen) atoms. The fourth-order valence-electron chi connectivity index (χ4n) is 6.16. The van der Waals surface area contributed by atoms with Gasteiger partial charge in [0.25, 0.3) is 0 Å². The summed E-state index contributed by atoms with van der Waals surface area (Å²) < 4.78 is 25.2. The Labute approximate surface area is 292 Å². The first-order valence-electron chi connectivity index (χ1n) is 16.1. The Balaban J connectivity index is 0.00000451. The molecule has 5 aromatic rings. The lowest BCUT2D eigenvalue weighted by Crippen LogP contribution is -2.14. The Morgan fingerprint density at radius 3 is 2.27 bits per heavy atom. The zero-order valence-electron chi connectivity index (χ0n) is 26.9. The number of benzene rings is 4. The van der Waals surface area contributed by atoms with Gasteiger partial charge >= 0.3 is 5.97 Å². The van der Waals surface area contributed by atoms with Crippen LogP contribution in [0, 0.1) is 0 Å². The fourth-order valence-corrected chi connectivity index (χ4v) is 6.28. The molecule has 1 fully saturated rings. The zero-order valence-corrected chi connectivity index (χ0v) is 28.5. The Morgan fingerprint density at radius 2 is 1.54 bits per heavy atom. The molecule has 0 bridgehead atoms. The van der Waals surface area contributed by atoms with E-state index in [0.29, 0.717) is 49.6 Å². The monoisotopic (exact) mass is 690 g/mol. The van der Waals surface area contributed by atoms with Gasteiger partial charge < -0.3 is 28.6 Å². The van der Waals surface area contributed by atoms with Crippen molar-refractivity contribution in [2.75, 3.05) is 33.5 Å². The Kier molecular flexibility index (Phi) is 12.4. The maximum Gasteiger partial charge on any atom is 0.335 e. The third-order valence-corrected chi connectivity index (χ3v) is 8.80. The minimum atomic E-state index is -0.953. The van der Waals surface area contributed by atoms with Crippen molar-refractivity contribution in [3.8, 4) is 34.0 Å². The number of rotatable bonds is 14. The fraction of sp³-hybridized carbons (Fsp3) is 0.316. The van der Waals surface area contributed by atoms with Gasteiger partial charge in [0, 0.05) is 29.3 Å². The molecule has 0 saturated heterocycles. The summed E-state index contributed by atoms with van der Waals surface area (Å²) in [7, 11) is 1.65. The van der Waals surface area contributed by atoms with Gasteiger partial charge in [-0.1, -0.05) is 49.1 Å². The summed E-state index contributed by atoms with van der Waals surface area (Å²) in [5.74, 6) is 1.36. The van der Waals surface area contributed by atoms with Gasteiger partial charge in [-0.25, -0.2) is 9.78 Å². The van der Waals surface area contributed by atoms with Crippen LogP contribution in [0.5, 0.6) is 11.5 Å². The van der Waals surface area contributed by atoms with Gasteiger partial charge in [0.1, 0.15) is 30.5 Å². The number of halogens is 2. The van der Waals surface area contributed by atoms with Crippen LogP contribution < -0.4 is 9.47 Å². The van der Waals surface area contributed by atoms with Crippen LogP contribution in [0.2, 0.25) is 5.02 Å². The summed E-state index contributed by atoms with van der Waals surface area (Å²) in [5.41, 5.74) is 5.90. The summed E-state index contributed by atoms with van der Waals surface area (Å²) in [6.07, 6.45) is 5.76. The molecule has 0 spiro atoms. The summed E-state index contributed by atoms with van der Waals surface area (Å²) in [6, 6.07) is 27.3. The normalized spacial score (nSPS) is 13.3. The smallest absolute Gasteiger partial charge is 0.335 e. The Hall–Kier alpha value is -4.08. The number of carboxylic acids is 1. The maximum absolute atomic E-state index is 11.7. The molecule has 1 N–H and O–H groups in total. The summed E-state index contributed by atoms with van der Waals surface area (Å²) >= 11 is 6.17. The van der Waals surface area contributed by atoms with Gasteiger partial charge in [0.05, 0.1) is 36.4 Å². The minimum absolute atomic E-state index is 0. The quantitative estimate of drug-likeness (QED) is 0.116. The Bertz CT molecular complexity index is 1800. The van der Waals surface area contributed by atoms with Gasteiger partial charge in [0.15, 0.2) is 0 Å². The number of aromatic carboxylic acids is 1. The number of aromatic nitrogens is 2. The summed E-state index contributed by atoms with van der Waals surface area (Å²) in [4.78, 5) is 16.6. The number of carboxylic acid groups (broad SMARTS) is 1. The van der Waals surface area contributed by atoms with Crippen molar-refractivity contribution >= 4 is 41.0 Å². The van der Waals surface area contributed by atoms with Crippen LogP contribution in [0.4, 0.5) is 0 Å². The van der Waals surface area contributed by atoms with Crippen molar-refractivity contribution in [1.29, 1.82) is 0 Å². The molecule has 0 radical (unpaired) electrons. The second-order valence-electron chi connectivity index (χ2n) is 11.7. The molecule has 1 aliphatic rings. The molecule has 4 aromatic carbocycles. The van der Waals surface area contributed by atoms with Crippen LogP contribution in [0.1, 0.15) is 54.1 Å². The van der Waals surface area contributed by atoms with Crippen LogP contribution in [0.3, 0.4) is 0 Å². The molecule has 252 valence electrons. The van der Waals surface area contributed by atoms with Crippen LogP contribution in [-0.2, 0) is 16.1 Å². The molecule has 0 unspecified atom stereocenters. The average molecular weight is 692 g/mol. The largest absolute Gasteiger partial charge is 0.491 e. The van der Waals surface area contributed by atoms with Gasteiger partial charge in [0.2, 0.25) is 0 Å². The lowest BCUT2D eigenvalue weighted by atomic mass is 9.95. The molecule has 1 aliphatic carbocycles. The van der Waals surface area contributed by atoms with Gasteiger partial charge in [-0.3, -0.25) is 0 Å². The van der Waals surface area contributed by atoms with E-state index in [0.717, 1.165) is 57.9 Å². The molecular weight excluding hydrogens is 651 g/mol. The van der Waals surface area contributed by atoms with E-state index in [1.165, 1.54) is 19.3 Å². The highest BCUT2D eigenvalue weighted by molar-refractivity contribution is 6.30. The van der Waals surface area contributed by atoms with Crippen LogP contribution in [-0.4, -0.2) is 54.2 Å². The van der Waals surface area contributed by atoms with E-state index in [2.05, 4.69) is 4.57 Å². The van der Waals surface area contributed by atoms with E-state index in [1.54, 1.807) is 19.2 Å². The highest BCUT2D eigenvalue weighted by Gasteiger charge is 2.23. The first-order chi connectivity index (χ1) is 23.0. The molecule has 1 aromatic heterocycles. The molecule has 8 nitrogen and oxygen atoms in total. The van der Waals surface area contributed by atoms with E-state index in [9.17, 15) is 9.90 Å². The van der Waals surface area contributed by atoms with Crippen molar-refractivity contribution in [2.45, 2.75) is 44.8 Å². The van der Waals surface area contributed by atoms with E-state index in [-0.39, 0.29) is 18.0 Å². The molecule has 6 rings (SSSR count). The van der Waals surface area contributed by atoms with Crippen molar-refractivity contribution < 1.29 is 28.8 Å². The Morgan fingerprint density at radius 1 is 0.833 bits per heavy atom. The first kappa shape index (κ1) is 35.2. The highest BCUT2D eigenvalue weighted by Crippen LogP contribution is 2.37. The standard InChI is InChI=1S/C38H39ClN2O6.ClH/c1-44-19-20-45-21-22-46-33-16-17-34(26-7-12-30(39)13-8-26)29(23-33)25-47-32-14-9-27(10-15-32)37-40-35-24-28(38(42)43)11-18-36(35)41(37)31-5-3-2-4-6-31;/h7-18,23-24,31H,2-6,19-22,25H2,1H3,(H,42,43);1H. The maximum atomic E-state index is 11.7. The SMILES string of the molecule is COCCOCCOc1ccc(-c2ccc(Cl)cc2)c(COc2ccc(-c3nc4cc(C(=O)O)ccc4n3C3CCCCC3)cc2)c1.Cl. The number of carbonyl (C=O) groups is 1. The van der Waals surface area contributed by atoms with E-state index in [4.69, 9.17) is 35.5 Å². The van der Waals surface area contributed by atoms with E-state index >= 15 is 0 Å². The average Bonchev–Trinajstić information content (AvgIpc) is 3.49. The molecular formula is C38H40Cl2N2O6. The summed E-state index contributed by atoms with van der Waals surface area (Å²) in [6.45, 7) is 2.30. The highest BCUT2D eigenvalue weighted by atomic mass is 35.5. The molecule has 1 saturated carbocycles. The molecule has 0 amide bonds. The van der Waals surface area contributed by atoms with Gasteiger partial charge in [-0.2, -0.15) is 0 Å². The van der Waals surface area contributed by atoms with Crippen molar-refractivity contribution in [1.82, 2.24) is 9.55 Å². The third-order valence-electron chi connectivity index (χ3n) is 8.54. The van der Waals surface area contributed by atoms with Gasteiger partial charge in [-0.05, 0) is 90.7 Å². The second kappa shape index (κ2) is 16.8. The van der Waals surface area contributed by atoms with E-state index in [1.807, 2.05) is 72.8 Å². The van der Waals surface area contributed by atoms with Gasteiger partial charge in [-0.15, -0.1) is 12.4 Å². The van der Waals surface area contributed by atoms with Crippen LogP contribution in [0.25, 0.3) is 33.5 Å². The lowest BCUT2D eigenvalue weighted by Gasteiger charge is -2.25. The number of ether oxygens (including phenoxy) is 4. The minimum Gasteiger partial charge on any atom is -0.491 e. The predicted octanol–water partition coefficient (Wildman–Crippen LogP) is 9.27. The molecule has 0 aliphatic heterocycles. The molecule has 1 heterocycles. The number of methoxy groups -OCH3 is 1. The number of hydrogen-bond donors (Lipinski definition) is 1. The number of nitrogens with zero attached hydrogens (tertiary/aromatic N) is 2. The van der Waals surface area contributed by atoms with Crippen molar-refractivity contribution in [2.24, 2.45) is 0 Å². The lowest BCUT2D eigenvalue weighted by molar-refractivity contribution is 0.0544.